The SMILES string of the molecule is C[C-]=C(CC)B(C)C.[CH3-].[Y].[Y].[Y].[Y].[Y]. The molecule has 0 fully saturated rings. The zero-order valence-electron chi connectivity index (χ0n) is 10.2. The van der Waals surface area contributed by atoms with E-state index in [4.69, 9.17) is 0 Å². The first kappa shape index (κ1) is 42.7. The van der Waals surface area contributed by atoms with Crippen molar-refractivity contribution in [3.63, 3.8) is 0 Å². The van der Waals surface area contributed by atoms with Crippen molar-refractivity contribution < 1.29 is 164 Å². The molecule has 0 aliphatic carbocycles. The molecule has 0 aliphatic rings. The second-order valence-corrected chi connectivity index (χ2v) is 2.28. The van der Waals surface area contributed by atoms with Gasteiger partial charge in [-0.15, -0.1) is 0 Å². The molecular formula is C8H17BY5-2. The zero-order valence-corrected chi connectivity index (χ0v) is 24.4. The fourth-order valence-electron chi connectivity index (χ4n) is 0.874. The third-order valence-electron chi connectivity index (χ3n) is 1.40. The van der Waals surface area contributed by atoms with E-state index in [1.165, 1.54) is 5.47 Å². The van der Waals surface area contributed by atoms with Gasteiger partial charge in [0.05, 0.1) is 0 Å². The van der Waals surface area contributed by atoms with Gasteiger partial charge in [-0.1, -0.05) is 27.0 Å². The fourth-order valence-corrected chi connectivity index (χ4v) is 0.874. The molecule has 0 bridgehead atoms. The van der Waals surface area contributed by atoms with Gasteiger partial charge < -0.3 is 13.5 Å². The molecule has 0 rings (SSSR count). The number of hydrogen-bond acceptors (Lipinski definition) is 0. The molecule has 0 aromatic rings. The van der Waals surface area contributed by atoms with Crippen LogP contribution in [0.3, 0.4) is 0 Å². The molecule has 0 saturated carbocycles. The molecular weight excluding hydrogens is 551 g/mol. The van der Waals surface area contributed by atoms with Gasteiger partial charge in [0, 0.05) is 164 Å². The first-order valence-electron chi connectivity index (χ1n) is 3.25. The van der Waals surface area contributed by atoms with Crippen molar-refractivity contribution in [2.45, 2.75) is 33.9 Å². The Morgan fingerprint density at radius 2 is 1.29 bits per heavy atom. The molecule has 5 radical (unpaired) electrons. The second-order valence-electron chi connectivity index (χ2n) is 2.28. The largest absolute Gasteiger partial charge is 0.510 e. The van der Waals surface area contributed by atoms with E-state index in [-0.39, 0.29) is 171 Å². The van der Waals surface area contributed by atoms with Crippen molar-refractivity contribution in [1.82, 2.24) is 0 Å². The van der Waals surface area contributed by atoms with Gasteiger partial charge >= 0.3 is 0 Å². The summed E-state index contributed by atoms with van der Waals surface area (Å²) in [5.41, 5.74) is 1.44. The molecule has 0 atom stereocenters. The van der Waals surface area contributed by atoms with Crippen LogP contribution in [0.1, 0.15) is 20.3 Å². The first-order valence-corrected chi connectivity index (χ1v) is 3.25. The van der Waals surface area contributed by atoms with Crippen molar-refractivity contribution in [3.8, 4) is 0 Å². The van der Waals surface area contributed by atoms with Crippen LogP contribution < -0.4 is 0 Å². The summed E-state index contributed by atoms with van der Waals surface area (Å²) in [6.45, 7) is 9.25. The van der Waals surface area contributed by atoms with E-state index in [0.717, 1.165) is 6.42 Å². The van der Waals surface area contributed by atoms with E-state index >= 15 is 0 Å². The molecule has 6 heteroatoms. The fraction of sp³-hybridized carbons (Fsp3) is 0.625. The van der Waals surface area contributed by atoms with Gasteiger partial charge in [-0.05, 0) is 0 Å². The van der Waals surface area contributed by atoms with E-state index in [1.54, 1.807) is 0 Å². The van der Waals surface area contributed by atoms with E-state index in [1.807, 2.05) is 6.92 Å². The van der Waals surface area contributed by atoms with Crippen LogP contribution in [0.4, 0.5) is 0 Å². The monoisotopic (exact) mass is 569 g/mol. The van der Waals surface area contributed by atoms with Gasteiger partial charge in [0.1, 0.15) is 6.71 Å². The van der Waals surface area contributed by atoms with Crippen molar-refractivity contribution in [2.75, 3.05) is 0 Å². The van der Waals surface area contributed by atoms with Crippen molar-refractivity contribution >= 4 is 6.71 Å². The maximum atomic E-state index is 3.17. The summed E-state index contributed by atoms with van der Waals surface area (Å²) >= 11 is 0. The van der Waals surface area contributed by atoms with E-state index in [9.17, 15) is 0 Å². The molecule has 0 amide bonds. The summed E-state index contributed by atoms with van der Waals surface area (Å²) in [6, 6.07) is 0. The van der Waals surface area contributed by atoms with Gasteiger partial charge in [0.15, 0.2) is 0 Å². The molecule has 0 N–H and O–H groups in total. The van der Waals surface area contributed by atoms with Gasteiger partial charge in [0.2, 0.25) is 0 Å². The molecule has 0 aliphatic heterocycles. The molecule has 0 aromatic carbocycles. The molecule has 0 nitrogen and oxygen atoms in total. The van der Waals surface area contributed by atoms with Crippen LogP contribution in [0.5, 0.6) is 0 Å². The Kier molecular flexibility index (Phi) is 94.5. The Balaban J connectivity index is -0.0000000163. The molecule has 69 valence electrons. The van der Waals surface area contributed by atoms with Gasteiger partial charge in [0.25, 0.3) is 0 Å². The minimum Gasteiger partial charge on any atom is -0.510 e. The molecule has 0 unspecified atom stereocenters. The molecule has 0 spiro atoms. The summed E-state index contributed by atoms with van der Waals surface area (Å²) in [5.74, 6) is 0. The Labute approximate surface area is 217 Å². The summed E-state index contributed by atoms with van der Waals surface area (Å²) in [5, 5.41) is 0. The standard InChI is InChI=1S/C7H14B.CH3.5Y/c1-5-7(6-2)8(3)4;;;;;;/h5H2,1-4H3;1H3;;;;;/q2*-1;;;;;. The number of allylic oxidation sites excluding steroid dienone is 2. The topological polar surface area (TPSA) is 0 Å². The molecule has 14 heavy (non-hydrogen) atoms. The second kappa shape index (κ2) is 31.0. The molecule has 0 aromatic heterocycles. The molecule has 0 saturated heterocycles. The maximum absolute atomic E-state index is 3.17. The summed E-state index contributed by atoms with van der Waals surface area (Å²) in [7, 11) is 0. The van der Waals surface area contributed by atoms with Gasteiger partial charge in [-0.2, -0.15) is 6.92 Å². The van der Waals surface area contributed by atoms with Crippen molar-refractivity contribution in [1.29, 1.82) is 0 Å². The maximum Gasteiger partial charge on any atom is 0.126 e. The van der Waals surface area contributed by atoms with Crippen LogP contribution in [-0.2, 0) is 164 Å². The Hall–Kier alpha value is 5.32. The average molecular weight is 569 g/mol. The normalized spacial score (nSPS) is 6.71. The van der Waals surface area contributed by atoms with Crippen molar-refractivity contribution in [3.05, 3.63) is 19.0 Å². The smallest absolute Gasteiger partial charge is 0.126 e. The third kappa shape index (κ3) is 26.0. The van der Waals surface area contributed by atoms with Crippen LogP contribution in [-0.4, -0.2) is 6.71 Å². The predicted octanol–water partition coefficient (Wildman–Crippen LogP) is 2.88. The van der Waals surface area contributed by atoms with Crippen molar-refractivity contribution in [2.24, 2.45) is 0 Å². The van der Waals surface area contributed by atoms with Crippen LogP contribution in [0.2, 0.25) is 13.6 Å². The summed E-state index contributed by atoms with van der Waals surface area (Å²) < 4.78 is 0. The minimum atomic E-state index is 0. The zero-order chi connectivity index (χ0) is 6.57. The number of hydrogen-bond donors (Lipinski definition) is 0. The van der Waals surface area contributed by atoms with Crippen LogP contribution >= 0.6 is 0 Å². The Morgan fingerprint density at radius 3 is 1.29 bits per heavy atom. The first-order chi connectivity index (χ1) is 3.72. The van der Waals surface area contributed by atoms with Crippen LogP contribution in [0, 0.1) is 13.5 Å². The number of rotatable bonds is 2. The van der Waals surface area contributed by atoms with Crippen LogP contribution in [0.15, 0.2) is 5.47 Å². The minimum absolute atomic E-state index is 0. The Morgan fingerprint density at radius 1 is 1.00 bits per heavy atom. The predicted molar refractivity (Wildman–Crippen MR) is 46.6 cm³/mol. The van der Waals surface area contributed by atoms with E-state index < -0.39 is 0 Å². The van der Waals surface area contributed by atoms with Gasteiger partial charge in [-0.25, -0.2) is 0 Å². The van der Waals surface area contributed by atoms with E-state index in [2.05, 4.69) is 26.6 Å². The summed E-state index contributed by atoms with van der Waals surface area (Å²) in [6.07, 6.45) is 4.31. The summed E-state index contributed by atoms with van der Waals surface area (Å²) in [4.78, 5) is 0. The third-order valence-corrected chi connectivity index (χ3v) is 1.40. The molecule has 0 heterocycles. The van der Waals surface area contributed by atoms with E-state index in [0.29, 0.717) is 6.71 Å². The Bertz CT molecular complexity index is 95.7. The van der Waals surface area contributed by atoms with Gasteiger partial charge in [-0.3, -0.25) is 5.47 Å². The quantitative estimate of drug-likeness (QED) is 0.355. The average Bonchev–Trinajstić information content (AvgIpc) is 1.69. The van der Waals surface area contributed by atoms with Crippen LogP contribution in [0.25, 0.3) is 0 Å².